The quantitative estimate of drug-likeness (QED) is 0.523. The Labute approximate surface area is 97.9 Å². The molecule has 0 N–H and O–H groups in total. The number of nitrogens with zero attached hydrogens (tertiary/aromatic N) is 2. The fourth-order valence-corrected chi connectivity index (χ4v) is 1.77. The van der Waals surface area contributed by atoms with E-state index in [4.69, 9.17) is 4.74 Å². The predicted octanol–water partition coefficient (Wildman–Crippen LogP) is 0.743. The number of hydrogen-bond acceptors (Lipinski definition) is 4. The Hall–Kier alpha value is -0.870. The first-order valence-corrected chi connectivity index (χ1v) is 5.85. The Balaban J connectivity index is 2.41. The summed E-state index contributed by atoms with van der Waals surface area (Å²) in [5.41, 5.74) is 0.779. The molecule has 0 radical (unpaired) electrons. The number of methoxy groups -OCH3 is 1. The number of rotatable bonds is 4. The van der Waals surface area contributed by atoms with Gasteiger partial charge in [0.2, 0.25) is 0 Å². The summed E-state index contributed by atoms with van der Waals surface area (Å²) >= 11 is 0. The number of carbonyl (C=O) groups excluding carboxylic acids is 1. The predicted molar refractivity (Wildman–Crippen MR) is 64.3 cm³/mol. The molecule has 1 saturated heterocycles. The summed E-state index contributed by atoms with van der Waals surface area (Å²) in [6.45, 7) is 7.19. The van der Waals surface area contributed by atoms with Crippen LogP contribution in [0, 0.1) is 0 Å². The molecular weight excluding hydrogens is 204 g/mol. The zero-order chi connectivity index (χ0) is 12.0. The van der Waals surface area contributed by atoms with Crippen LogP contribution in [-0.2, 0) is 9.53 Å². The molecule has 4 heteroatoms. The van der Waals surface area contributed by atoms with Gasteiger partial charge in [-0.2, -0.15) is 0 Å². The molecule has 0 amide bonds. The van der Waals surface area contributed by atoms with E-state index >= 15 is 0 Å². The van der Waals surface area contributed by atoms with Crippen LogP contribution in [0.3, 0.4) is 0 Å². The van der Waals surface area contributed by atoms with Crippen molar-refractivity contribution >= 4 is 5.97 Å². The van der Waals surface area contributed by atoms with E-state index in [-0.39, 0.29) is 5.97 Å². The maximum atomic E-state index is 11.4. The van der Waals surface area contributed by atoms with Gasteiger partial charge in [0.15, 0.2) is 0 Å². The smallest absolute Gasteiger partial charge is 0.333 e. The second-order valence-electron chi connectivity index (χ2n) is 4.18. The van der Waals surface area contributed by atoms with Crippen molar-refractivity contribution in [3.8, 4) is 0 Å². The molecular formula is C12H22N2O2. The van der Waals surface area contributed by atoms with Crippen LogP contribution in [0.1, 0.15) is 13.3 Å². The SMILES string of the molecule is CCC(=CCN1CCN(C)CC1)C(=O)OC. The van der Waals surface area contributed by atoms with Crippen LogP contribution >= 0.6 is 0 Å². The maximum Gasteiger partial charge on any atom is 0.333 e. The summed E-state index contributed by atoms with van der Waals surface area (Å²) in [7, 11) is 3.57. The van der Waals surface area contributed by atoms with E-state index in [0.29, 0.717) is 0 Å². The monoisotopic (exact) mass is 226 g/mol. The molecule has 0 aromatic heterocycles. The number of esters is 1. The second-order valence-corrected chi connectivity index (χ2v) is 4.18. The first kappa shape index (κ1) is 13.2. The molecule has 0 unspecified atom stereocenters. The van der Waals surface area contributed by atoms with E-state index in [1.807, 2.05) is 13.0 Å². The molecule has 16 heavy (non-hydrogen) atoms. The zero-order valence-electron chi connectivity index (χ0n) is 10.5. The molecule has 1 fully saturated rings. The minimum atomic E-state index is -0.198. The highest BCUT2D eigenvalue weighted by Gasteiger charge is 2.13. The average molecular weight is 226 g/mol. The lowest BCUT2D eigenvalue weighted by Crippen LogP contribution is -2.44. The van der Waals surface area contributed by atoms with E-state index in [1.54, 1.807) is 0 Å². The fraction of sp³-hybridized carbons (Fsp3) is 0.750. The van der Waals surface area contributed by atoms with Crippen molar-refractivity contribution in [1.29, 1.82) is 0 Å². The van der Waals surface area contributed by atoms with Crippen molar-refractivity contribution in [3.63, 3.8) is 0 Å². The summed E-state index contributed by atoms with van der Waals surface area (Å²) in [6.07, 6.45) is 2.73. The highest BCUT2D eigenvalue weighted by Crippen LogP contribution is 2.05. The van der Waals surface area contributed by atoms with Gasteiger partial charge in [0.25, 0.3) is 0 Å². The Morgan fingerprint density at radius 3 is 2.44 bits per heavy atom. The Bertz CT molecular complexity index is 256. The van der Waals surface area contributed by atoms with Crippen LogP contribution in [0.2, 0.25) is 0 Å². The Morgan fingerprint density at radius 1 is 1.31 bits per heavy atom. The standard InChI is InChI=1S/C12H22N2O2/c1-4-11(12(15)16-3)5-6-14-9-7-13(2)8-10-14/h5H,4,6-10H2,1-3H3. The third kappa shape index (κ3) is 3.94. The molecule has 92 valence electrons. The minimum Gasteiger partial charge on any atom is -0.466 e. The van der Waals surface area contributed by atoms with Crippen LogP contribution < -0.4 is 0 Å². The largest absolute Gasteiger partial charge is 0.466 e. The molecule has 0 aliphatic carbocycles. The number of hydrogen-bond donors (Lipinski definition) is 0. The van der Waals surface area contributed by atoms with Gasteiger partial charge in [-0.15, -0.1) is 0 Å². The van der Waals surface area contributed by atoms with Gasteiger partial charge in [-0.1, -0.05) is 13.0 Å². The number of ether oxygens (including phenoxy) is 1. The molecule has 0 atom stereocenters. The minimum absolute atomic E-state index is 0.198. The van der Waals surface area contributed by atoms with Gasteiger partial charge in [-0.3, -0.25) is 4.90 Å². The van der Waals surface area contributed by atoms with Gasteiger partial charge in [0, 0.05) is 38.3 Å². The molecule has 0 aromatic carbocycles. The lowest BCUT2D eigenvalue weighted by Gasteiger charge is -2.31. The lowest BCUT2D eigenvalue weighted by atomic mass is 10.2. The molecule has 1 aliphatic heterocycles. The molecule has 0 saturated carbocycles. The van der Waals surface area contributed by atoms with Crippen LogP contribution in [0.5, 0.6) is 0 Å². The summed E-state index contributed by atoms with van der Waals surface area (Å²) in [6, 6.07) is 0. The highest BCUT2D eigenvalue weighted by molar-refractivity contribution is 5.88. The van der Waals surface area contributed by atoms with Gasteiger partial charge in [0.1, 0.15) is 0 Å². The second kappa shape index (κ2) is 6.66. The highest BCUT2D eigenvalue weighted by atomic mass is 16.5. The number of carbonyl (C=O) groups is 1. The molecule has 0 aromatic rings. The normalized spacial score (nSPS) is 19.8. The summed E-state index contributed by atoms with van der Waals surface area (Å²) in [5.74, 6) is -0.198. The first-order chi connectivity index (χ1) is 7.67. The third-order valence-corrected chi connectivity index (χ3v) is 3.02. The van der Waals surface area contributed by atoms with Crippen LogP contribution in [-0.4, -0.2) is 62.7 Å². The van der Waals surface area contributed by atoms with Crippen molar-refractivity contribution in [2.75, 3.05) is 46.9 Å². The van der Waals surface area contributed by atoms with Crippen LogP contribution in [0.15, 0.2) is 11.6 Å². The van der Waals surface area contributed by atoms with Crippen molar-refractivity contribution < 1.29 is 9.53 Å². The van der Waals surface area contributed by atoms with Crippen LogP contribution in [0.25, 0.3) is 0 Å². The summed E-state index contributed by atoms with van der Waals surface area (Å²) in [5, 5.41) is 0. The average Bonchev–Trinajstić information content (AvgIpc) is 2.31. The Kier molecular flexibility index (Phi) is 5.49. The Morgan fingerprint density at radius 2 is 1.94 bits per heavy atom. The molecule has 1 heterocycles. The van der Waals surface area contributed by atoms with E-state index in [1.165, 1.54) is 7.11 Å². The van der Waals surface area contributed by atoms with E-state index in [0.717, 1.165) is 44.7 Å². The summed E-state index contributed by atoms with van der Waals surface area (Å²) in [4.78, 5) is 16.0. The van der Waals surface area contributed by atoms with E-state index in [9.17, 15) is 4.79 Å². The van der Waals surface area contributed by atoms with Gasteiger partial charge in [-0.25, -0.2) is 4.79 Å². The fourth-order valence-electron chi connectivity index (χ4n) is 1.77. The van der Waals surface area contributed by atoms with Crippen LogP contribution in [0.4, 0.5) is 0 Å². The summed E-state index contributed by atoms with van der Waals surface area (Å²) < 4.78 is 4.73. The van der Waals surface area contributed by atoms with Gasteiger partial charge in [-0.05, 0) is 13.5 Å². The maximum absolute atomic E-state index is 11.4. The molecule has 0 bridgehead atoms. The third-order valence-electron chi connectivity index (χ3n) is 3.02. The van der Waals surface area contributed by atoms with Crippen molar-refractivity contribution in [2.45, 2.75) is 13.3 Å². The number of piperazine rings is 1. The van der Waals surface area contributed by atoms with Crippen molar-refractivity contribution in [1.82, 2.24) is 9.80 Å². The topological polar surface area (TPSA) is 32.8 Å². The molecule has 1 rings (SSSR count). The van der Waals surface area contributed by atoms with Gasteiger partial charge < -0.3 is 9.64 Å². The van der Waals surface area contributed by atoms with Gasteiger partial charge in [0.05, 0.1) is 7.11 Å². The van der Waals surface area contributed by atoms with Crippen molar-refractivity contribution in [2.24, 2.45) is 0 Å². The van der Waals surface area contributed by atoms with E-state index in [2.05, 4.69) is 16.8 Å². The molecule has 1 aliphatic rings. The van der Waals surface area contributed by atoms with E-state index < -0.39 is 0 Å². The molecule has 4 nitrogen and oxygen atoms in total. The number of likely N-dealkylation sites (N-methyl/N-ethyl adjacent to an activating group) is 1. The first-order valence-electron chi connectivity index (χ1n) is 5.85. The van der Waals surface area contributed by atoms with Crippen molar-refractivity contribution in [3.05, 3.63) is 11.6 Å². The zero-order valence-corrected chi connectivity index (χ0v) is 10.5. The van der Waals surface area contributed by atoms with Gasteiger partial charge >= 0.3 is 5.97 Å². The molecule has 0 spiro atoms. The lowest BCUT2D eigenvalue weighted by molar-refractivity contribution is -0.136.